The van der Waals surface area contributed by atoms with Crippen LogP contribution in [-0.4, -0.2) is 19.6 Å². The summed E-state index contributed by atoms with van der Waals surface area (Å²) >= 11 is 0. The fraction of sp³-hybridized carbons (Fsp3) is 0.0476. The normalized spacial score (nSPS) is 11.3. The number of halogens is 3. The number of nitrogens with zero attached hydrogens (tertiary/aromatic N) is 5. The van der Waals surface area contributed by atoms with E-state index in [1.54, 1.807) is 30.3 Å². The molecule has 148 valence electrons. The number of nitriles is 1. The molecule has 0 saturated carbocycles. The van der Waals surface area contributed by atoms with Gasteiger partial charge in [0.2, 0.25) is 5.43 Å². The van der Waals surface area contributed by atoms with E-state index in [9.17, 15) is 18.0 Å². The number of hydrogen-bond donors (Lipinski definition) is 0. The van der Waals surface area contributed by atoms with Crippen LogP contribution in [0.2, 0.25) is 0 Å². The van der Waals surface area contributed by atoms with Gasteiger partial charge in [-0.05, 0) is 42.5 Å². The third-order valence-electron chi connectivity index (χ3n) is 4.35. The number of benzene rings is 2. The molecule has 0 aliphatic heterocycles. The molecule has 4 aromatic rings. The lowest BCUT2D eigenvalue weighted by Gasteiger charge is -2.12. The zero-order valence-electron chi connectivity index (χ0n) is 15.2. The second-order valence-electron chi connectivity index (χ2n) is 6.31. The van der Waals surface area contributed by atoms with Crippen LogP contribution >= 0.6 is 0 Å². The first-order valence-corrected chi connectivity index (χ1v) is 8.69. The Morgan fingerprint density at radius 1 is 0.967 bits per heavy atom. The number of hydrogen-bond acceptors (Lipinski definition) is 4. The molecule has 0 amide bonds. The maximum absolute atomic E-state index is 13.0. The van der Waals surface area contributed by atoms with Crippen molar-refractivity contribution in [3.63, 3.8) is 0 Å². The second kappa shape index (κ2) is 7.33. The topological polar surface area (TPSA) is 76.5 Å². The molecule has 9 heteroatoms. The van der Waals surface area contributed by atoms with E-state index in [4.69, 9.17) is 5.26 Å². The van der Waals surface area contributed by atoms with Gasteiger partial charge in [-0.25, -0.2) is 9.36 Å². The standard InChI is InChI=1S/C21H12F3N5O/c22-21(23,24)15-4-2-5-16(12-15)28-10-8-19(30)20(27-28)18-7-9-26-29(18)17-6-1-3-14(11-17)13-25/h1-12H. The first kappa shape index (κ1) is 19.1. The van der Waals surface area contributed by atoms with E-state index in [0.717, 1.165) is 12.1 Å². The minimum absolute atomic E-state index is 0.00905. The van der Waals surface area contributed by atoms with Crippen molar-refractivity contribution in [2.75, 3.05) is 0 Å². The predicted molar refractivity (Wildman–Crippen MR) is 102 cm³/mol. The molecule has 0 fully saturated rings. The highest BCUT2D eigenvalue weighted by atomic mass is 19.4. The molecule has 4 rings (SSSR count). The molecule has 2 heterocycles. The molecule has 2 aromatic carbocycles. The molecule has 0 spiro atoms. The third-order valence-corrected chi connectivity index (χ3v) is 4.35. The van der Waals surface area contributed by atoms with E-state index >= 15 is 0 Å². The largest absolute Gasteiger partial charge is 0.416 e. The van der Waals surface area contributed by atoms with Crippen LogP contribution in [0.4, 0.5) is 13.2 Å². The van der Waals surface area contributed by atoms with Crippen molar-refractivity contribution < 1.29 is 13.2 Å². The van der Waals surface area contributed by atoms with E-state index in [1.807, 2.05) is 6.07 Å². The monoisotopic (exact) mass is 407 g/mol. The Bertz CT molecular complexity index is 1330. The highest BCUT2D eigenvalue weighted by Gasteiger charge is 2.30. The van der Waals surface area contributed by atoms with Crippen LogP contribution < -0.4 is 5.43 Å². The Labute approximate surface area is 168 Å². The van der Waals surface area contributed by atoms with Gasteiger partial charge in [0, 0.05) is 12.3 Å². The lowest BCUT2D eigenvalue weighted by atomic mass is 10.2. The van der Waals surface area contributed by atoms with Crippen molar-refractivity contribution in [1.29, 1.82) is 5.26 Å². The number of rotatable bonds is 3. The average molecular weight is 407 g/mol. The van der Waals surface area contributed by atoms with Gasteiger partial charge < -0.3 is 0 Å². The zero-order chi connectivity index (χ0) is 21.3. The van der Waals surface area contributed by atoms with Gasteiger partial charge in [-0.2, -0.15) is 28.6 Å². The van der Waals surface area contributed by atoms with Gasteiger partial charge in [0.25, 0.3) is 0 Å². The van der Waals surface area contributed by atoms with Crippen LogP contribution in [0.3, 0.4) is 0 Å². The Morgan fingerprint density at radius 2 is 1.73 bits per heavy atom. The zero-order valence-corrected chi connectivity index (χ0v) is 15.2. The number of aromatic nitrogens is 4. The van der Waals surface area contributed by atoms with Gasteiger partial charge in [-0.3, -0.25) is 4.79 Å². The highest BCUT2D eigenvalue weighted by Crippen LogP contribution is 2.30. The van der Waals surface area contributed by atoms with Crippen LogP contribution in [0.1, 0.15) is 11.1 Å². The molecule has 0 bridgehead atoms. The summed E-state index contributed by atoms with van der Waals surface area (Å²) in [7, 11) is 0. The lowest BCUT2D eigenvalue weighted by molar-refractivity contribution is -0.137. The predicted octanol–water partition coefficient (Wildman–Crippen LogP) is 3.98. The molecule has 0 saturated heterocycles. The van der Waals surface area contributed by atoms with Crippen molar-refractivity contribution in [3.8, 4) is 28.8 Å². The molecule has 0 N–H and O–H groups in total. The quantitative estimate of drug-likeness (QED) is 0.515. The summed E-state index contributed by atoms with van der Waals surface area (Å²) in [5, 5.41) is 17.6. The molecular formula is C21H12F3N5O. The van der Waals surface area contributed by atoms with Crippen molar-refractivity contribution in [3.05, 3.63) is 94.4 Å². The smallest absolute Gasteiger partial charge is 0.287 e. The fourth-order valence-electron chi connectivity index (χ4n) is 2.95. The van der Waals surface area contributed by atoms with Crippen LogP contribution in [0.25, 0.3) is 22.8 Å². The van der Waals surface area contributed by atoms with Gasteiger partial charge >= 0.3 is 6.18 Å². The third kappa shape index (κ3) is 3.58. The summed E-state index contributed by atoms with van der Waals surface area (Å²) in [6.07, 6.45) is -1.72. The molecule has 0 radical (unpaired) electrons. The summed E-state index contributed by atoms with van der Waals surface area (Å²) in [5.74, 6) is 0. The summed E-state index contributed by atoms with van der Waals surface area (Å²) in [6.45, 7) is 0. The minimum Gasteiger partial charge on any atom is -0.287 e. The van der Waals surface area contributed by atoms with Crippen LogP contribution in [-0.2, 0) is 6.18 Å². The lowest BCUT2D eigenvalue weighted by Crippen LogP contribution is -2.15. The molecule has 30 heavy (non-hydrogen) atoms. The van der Waals surface area contributed by atoms with Crippen molar-refractivity contribution in [2.45, 2.75) is 6.18 Å². The Balaban J connectivity index is 1.83. The fourth-order valence-corrected chi connectivity index (χ4v) is 2.95. The average Bonchev–Trinajstić information content (AvgIpc) is 3.23. The van der Waals surface area contributed by atoms with Crippen molar-refractivity contribution in [2.24, 2.45) is 0 Å². The van der Waals surface area contributed by atoms with E-state index in [0.29, 0.717) is 16.9 Å². The second-order valence-corrected chi connectivity index (χ2v) is 6.31. The summed E-state index contributed by atoms with van der Waals surface area (Å²) in [5.41, 5.74) is 0.229. The summed E-state index contributed by atoms with van der Waals surface area (Å²) in [6, 6.07) is 16.1. The summed E-state index contributed by atoms with van der Waals surface area (Å²) < 4.78 is 41.8. The first-order valence-electron chi connectivity index (χ1n) is 8.69. The van der Waals surface area contributed by atoms with Gasteiger partial charge in [0.05, 0.1) is 40.5 Å². The SMILES string of the molecule is N#Cc1cccc(-n2nccc2-c2nn(-c3cccc(C(F)(F)F)c3)ccc2=O)c1. The van der Waals surface area contributed by atoms with E-state index in [1.165, 1.54) is 40.0 Å². The molecule has 0 unspecified atom stereocenters. The van der Waals surface area contributed by atoms with Gasteiger partial charge in [-0.1, -0.05) is 12.1 Å². The minimum atomic E-state index is -4.50. The first-order chi connectivity index (χ1) is 14.4. The maximum Gasteiger partial charge on any atom is 0.416 e. The molecule has 0 aliphatic carbocycles. The summed E-state index contributed by atoms with van der Waals surface area (Å²) in [4.78, 5) is 12.5. The maximum atomic E-state index is 13.0. The number of alkyl halides is 3. The molecule has 0 atom stereocenters. The van der Waals surface area contributed by atoms with Crippen LogP contribution in [0.15, 0.2) is 77.9 Å². The van der Waals surface area contributed by atoms with Gasteiger partial charge in [0.15, 0.2) is 5.69 Å². The van der Waals surface area contributed by atoms with E-state index in [2.05, 4.69) is 10.2 Å². The van der Waals surface area contributed by atoms with Gasteiger partial charge in [0.1, 0.15) is 0 Å². The van der Waals surface area contributed by atoms with Crippen molar-refractivity contribution >= 4 is 0 Å². The van der Waals surface area contributed by atoms with Gasteiger partial charge in [-0.15, -0.1) is 0 Å². The Kier molecular flexibility index (Phi) is 4.68. The Hall–Kier alpha value is -4.19. The van der Waals surface area contributed by atoms with Crippen LogP contribution in [0.5, 0.6) is 0 Å². The van der Waals surface area contributed by atoms with Crippen molar-refractivity contribution in [1.82, 2.24) is 19.6 Å². The Morgan fingerprint density at radius 3 is 2.50 bits per heavy atom. The molecule has 6 nitrogen and oxygen atoms in total. The van der Waals surface area contributed by atoms with E-state index in [-0.39, 0.29) is 11.4 Å². The highest BCUT2D eigenvalue weighted by molar-refractivity contribution is 5.58. The molecule has 2 aromatic heterocycles. The van der Waals surface area contributed by atoms with E-state index < -0.39 is 17.2 Å². The molecule has 0 aliphatic rings. The van der Waals surface area contributed by atoms with Crippen LogP contribution in [0, 0.1) is 11.3 Å². The molecular weight excluding hydrogens is 395 g/mol.